The normalized spacial score (nSPS) is 16.8. The molecule has 1 fully saturated rings. The molecule has 0 atom stereocenters. The molecule has 2 aromatic carbocycles. The van der Waals surface area contributed by atoms with Crippen molar-refractivity contribution in [1.29, 1.82) is 0 Å². The van der Waals surface area contributed by atoms with Crippen molar-refractivity contribution in [3.05, 3.63) is 59.7 Å². The fourth-order valence-electron chi connectivity index (χ4n) is 3.03. The van der Waals surface area contributed by atoms with Gasteiger partial charge in [0.25, 0.3) is 0 Å². The Kier molecular flexibility index (Phi) is 5.56. The second-order valence-electron chi connectivity index (χ2n) is 6.46. The molecule has 1 heterocycles. The molecule has 3 rings (SSSR count). The smallest absolute Gasteiger partial charge is 0.369 e. The maximum Gasteiger partial charge on any atom is 0.416 e. The molecule has 1 aliphatic heterocycles. The van der Waals surface area contributed by atoms with Gasteiger partial charge in [-0.15, -0.1) is 0 Å². The van der Waals surface area contributed by atoms with E-state index < -0.39 is 33.5 Å². The zero-order valence-electron chi connectivity index (χ0n) is 14.8. The first-order chi connectivity index (χ1) is 13.4. The third-order valence-electron chi connectivity index (χ3n) is 4.60. The van der Waals surface area contributed by atoms with Crippen molar-refractivity contribution in [1.82, 2.24) is 4.31 Å². The van der Waals surface area contributed by atoms with Gasteiger partial charge in [0.1, 0.15) is 0 Å². The molecule has 0 N–H and O–H groups in total. The van der Waals surface area contributed by atoms with Crippen LogP contribution in [0.4, 0.5) is 32.0 Å². The lowest BCUT2D eigenvalue weighted by molar-refractivity contribution is -0.138. The first kappa shape index (κ1) is 21.4. The summed E-state index contributed by atoms with van der Waals surface area (Å²) in [6, 6.07) is 7.94. The third kappa shape index (κ3) is 4.67. The molecule has 29 heavy (non-hydrogen) atoms. The number of halogens is 6. The Morgan fingerprint density at radius 3 is 1.79 bits per heavy atom. The molecular weight excluding hydrogens is 422 g/mol. The fraction of sp³-hybridized carbons (Fsp3) is 0.333. The number of nitrogens with zero attached hydrogens (tertiary/aromatic N) is 2. The van der Waals surface area contributed by atoms with Crippen LogP contribution in [0.3, 0.4) is 0 Å². The Morgan fingerprint density at radius 2 is 1.28 bits per heavy atom. The molecule has 1 aliphatic rings. The number of alkyl halides is 6. The minimum absolute atomic E-state index is 0.000396. The first-order valence-corrected chi connectivity index (χ1v) is 9.93. The van der Waals surface area contributed by atoms with Gasteiger partial charge in [0.2, 0.25) is 10.0 Å². The number of sulfonamides is 1. The summed E-state index contributed by atoms with van der Waals surface area (Å²) in [5, 5.41) is 0. The summed E-state index contributed by atoms with van der Waals surface area (Å²) >= 11 is 0. The summed E-state index contributed by atoms with van der Waals surface area (Å²) in [5.74, 6) is 0. The van der Waals surface area contributed by atoms with Crippen molar-refractivity contribution >= 4 is 15.7 Å². The maximum atomic E-state index is 12.9. The number of piperazine rings is 1. The lowest BCUT2D eigenvalue weighted by Gasteiger charge is -2.35. The van der Waals surface area contributed by atoms with E-state index in [2.05, 4.69) is 0 Å². The molecule has 1 saturated heterocycles. The van der Waals surface area contributed by atoms with Crippen LogP contribution in [0.5, 0.6) is 0 Å². The molecule has 0 radical (unpaired) electrons. The Balaban J connectivity index is 1.72. The van der Waals surface area contributed by atoms with Gasteiger partial charge >= 0.3 is 12.4 Å². The lowest BCUT2D eigenvalue weighted by Crippen LogP contribution is -2.48. The van der Waals surface area contributed by atoms with Crippen LogP contribution in [0.25, 0.3) is 0 Å². The maximum absolute atomic E-state index is 12.9. The van der Waals surface area contributed by atoms with Crippen molar-refractivity contribution in [3.8, 4) is 0 Å². The van der Waals surface area contributed by atoms with Crippen molar-refractivity contribution < 1.29 is 34.8 Å². The first-order valence-electron chi connectivity index (χ1n) is 8.49. The average molecular weight is 438 g/mol. The highest BCUT2D eigenvalue weighted by molar-refractivity contribution is 7.89. The van der Waals surface area contributed by atoms with Crippen molar-refractivity contribution in [2.24, 2.45) is 0 Å². The zero-order chi connectivity index (χ0) is 21.4. The predicted octanol–water partition coefficient (Wildman–Crippen LogP) is 4.24. The van der Waals surface area contributed by atoms with Crippen LogP contribution in [-0.4, -0.2) is 38.9 Å². The Morgan fingerprint density at radius 1 is 0.724 bits per heavy atom. The molecule has 0 spiro atoms. The van der Waals surface area contributed by atoms with Gasteiger partial charge in [-0.05, 0) is 42.5 Å². The van der Waals surface area contributed by atoms with E-state index in [1.165, 1.54) is 12.1 Å². The van der Waals surface area contributed by atoms with E-state index in [0.29, 0.717) is 17.8 Å². The monoisotopic (exact) mass is 438 g/mol. The molecule has 0 saturated carbocycles. The second-order valence-corrected chi connectivity index (χ2v) is 8.40. The quantitative estimate of drug-likeness (QED) is 0.674. The van der Waals surface area contributed by atoms with Gasteiger partial charge < -0.3 is 4.90 Å². The Hall–Kier alpha value is -2.27. The molecule has 158 valence electrons. The SMILES string of the molecule is O=S(=O)(c1ccc(C(F)(F)F)cc1)N1CCN(c2cccc(C(F)(F)F)c2)CC1. The largest absolute Gasteiger partial charge is 0.416 e. The van der Waals surface area contributed by atoms with E-state index in [1.807, 2.05) is 0 Å². The van der Waals surface area contributed by atoms with Gasteiger partial charge in [0.05, 0.1) is 16.0 Å². The van der Waals surface area contributed by atoms with Gasteiger partial charge in [0.15, 0.2) is 0 Å². The van der Waals surface area contributed by atoms with Gasteiger partial charge in [0, 0.05) is 31.9 Å². The minimum Gasteiger partial charge on any atom is -0.369 e. The molecule has 2 aromatic rings. The van der Waals surface area contributed by atoms with E-state index in [4.69, 9.17) is 0 Å². The summed E-state index contributed by atoms with van der Waals surface area (Å²) < 4.78 is 103. The van der Waals surface area contributed by atoms with Crippen molar-refractivity contribution in [2.75, 3.05) is 31.1 Å². The van der Waals surface area contributed by atoms with Gasteiger partial charge in [-0.1, -0.05) is 6.07 Å². The standard InChI is InChI=1S/C18H16F6N2O2S/c19-17(20,21)13-4-6-16(7-5-13)29(27,28)26-10-8-25(9-11-26)15-3-1-2-14(12-15)18(22,23)24/h1-7,12H,8-11H2. The summed E-state index contributed by atoms with van der Waals surface area (Å²) in [4.78, 5) is 1.37. The predicted molar refractivity (Wildman–Crippen MR) is 93.9 cm³/mol. The van der Waals surface area contributed by atoms with E-state index in [-0.39, 0.29) is 31.1 Å². The van der Waals surface area contributed by atoms with E-state index in [1.54, 1.807) is 4.90 Å². The number of hydrogen-bond donors (Lipinski definition) is 0. The number of hydrogen-bond acceptors (Lipinski definition) is 3. The Labute approximate surface area is 163 Å². The third-order valence-corrected chi connectivity index (χ3v) is 6.51. The van der Waals surface area contributed by atoms with Crippen LogP contribution in [0, 0.1) is 0 Å². The number of benzene rings is 2. The topological polar surface area (TPSA) is 40.6 Å². The summed E-state index contributed by atoms with van der Waals surface area (Å²) in [5.41, 5.74) is -1.42. The van der Waals surface area contributed by atoms with E-state index in [0.717, 1.165) is 28.6 Å². The van der Waals surface area contributed by atoms with Crippen LogP contribution in [0.15, 0.2) is 53.4 Å². The molecule has 4 nitrogen and oxygen atoms in total. The summed E-state index contributed by atoms with van der Waals surface area (Å²) in [6.07, 6.45) is -9.05. The zero-order valence-corrected chi connectivity index (χ0v) is 15.7. The molecule has 0 amide bonds. The highest BCUT2D eigenvalue weighted by Crippen LogP contribution is 2.33. The van der Waals surface area contributed by atoms with Crippen LogP contribution < -0.4 is 4.90 Å². The van der Waals surface area contributed by atoms with Crippen molar-refractivity contribution in [2.45, 2.75) is 17.2 Å². The summed E-state index contributed by atoms with van der Waals surface area (Å²) in [7, 11) is -4.00. The molecule has 0 aromatic heterocycles. The highest BCUT2D eigenvalue weighted by Gasteiger charge is 2.34. The van der Waals surface area contributed by atoms with Crippen molar-refractivity contribution in [3.63, 3.8) is 0 Å². The molecule has 0 aliphatic carbocycles. The number of anilines is 1. The van der Waals surface area contributed by atoms with Gasteiger partial charge in [-0.3, -0.25) is 0 Å². The lowest BCUT2D eigenvalue weighted by atomic mass is 10.1. The average Bonchev–Trinajstić information content (AvgIpc) is 2.67. The van der Waals surface area contributed by atoms with E-state index >= 15 is 0 Å². The Bertz CT molecular complexity index is 963. The second kappa shape index (κ2) is 7.52. The van der Waals surface area contributed by atoms with Crippen LogP contribution >= 0.6 is 0 Å². The molecule has 11 heteroatoms. The molecule has 0 unspecified atom stereocenters. The molecule has 0 bridgehead atoms. The van der Waals surface area contributed by atoms with Crippen LogP contribution in [0.2, 0.25) is 0 Å². The van der Waals surface area contributed by atoms with Crippen LogP contribution in [0.1, 0.15) is 11.1 Å². The fourth-order valence-corrected chi connectivity index (χ4v) is 4.45. The highest BCUT2D eigenvalue weighted by atomic mass is 32.2. The summed E-state index contributed by atoms with van der Waals surface area (Å²) in [6.45, 7) is 0.307. The number of rotatable bonds is 3. The van der Waals surface area contributed by atoms with Gasteiger partial charge in [-0.25, -0.2) is 8.42 Å². The van der Waals surface area contributed by atoms with Gasteiger partial charge in [-0.2, -0.15) is 30.6 Å². The molecular formula is C18H16F6N2O2S. The van der Waals surface area contributed by atoms with E-state index in [9.17, 15) is 34.8 Å². The minimum atomic E-state index is -4.57. The van der Waals surface area contributed by atoms with Crippen LogP contribution in [-0.2, 0) is 22.4 Å².